The summed E-state index contributed by atoms with van der Waals surface area (Å²) in [6.45, 7) is -0.619. The number of carbonyl (C=O) groups is 2. The van der Waals surface area contributed by atoms with Crippen molar-refractivity contribution in [1.29, 1.82) is 0 Å². The molecule has 0 saturated carbocycles. The molecular weight excluding hydrogens is 500 g/mol. The van der Waals surface area contributed by atoms with Gasteiger partial charge in [0.05, 0.1) is 13.1 Å². The van der Waals surface area contributed by atoms with E-state index in [1.807, 2.05) is 0 Å². The molecule has 180 valence electrons. The van der Waals surface area contributed by atoms with Gasteiger partial charge in [0.25, 0.3) is 0 Å². The average molecular weight is 521 g/mol. The van der Waals surface area contributed by atoms with Crippen LogP contribution in [0.5, 0.6) is 23.0 Å². The Morgan fingerprint density at radius 3 is 2.35 bits per heavy atom. The van der Waals surface area contributed by atoms with E-state index in [4.69, 9.17) is 24.7 Å². The Hall–Kier alpha value is -2.40. The van der Waals surface area contributed by atoms with Crippen LogP contribution in [0.1, 0.15) is 34.1 Å². The van der Waals surface area contributed by atoms with E-state index < -0.39 is 36.3 Å². The van der Waals surface area contributed by atoms with Crippen LogP contribution in [0.4, 0.5) is 5.69 Å². The van der Waals surface area contributed by atoms with E-state index in [1.165, 1.54) is 13.2 Å². The average Bonchev–Trinajstić information content (AvgIpc) is 3.44. The zero-order valence-corrected chi connectivity index (χ0v) is 24.7. The summed E-state index contributed by atoms with van der Waals surface area (Å²) in [5.41, 5.74) is 9.18. The van der Waals surface area contributed by atoms with Gasteiger partial charge < -0.3 is 44.5 Å². The van der Waals surface area contributed by atoms with E-state index in [-0.39, 0.29) is 71.7 Å². The number of ether oxygens (including phenoxy) is 4. The molecule has 0 unspecified atom stereocenters. The van der Waals surface area contributed by atoms with Crippen LogP contribution < -0.4 is 94.0 Å². The molecule has 9 nitrogen and oxygen atoms in total. The second-order valence-corrected chi connectivity index (χ2v) is 8.37. The first-order valence-electron chi connectivity index (χ1n) is 10.9. The summed E-state index contributed by atoms with van der Waals surface area (Å²) in [6, 6.07) is 15.4. The van der Waals surface area contributed by atoms with Crippen LogP contribution in [-0.4, -0.2) is 32.4 Å². The van der Waals surface area contributed by atoms with Gasteiger partial charge in [0.2, 0.25) is 6.79 Å². The smallest absolute Gasteiger partial charge is 0.550 e. The summed E-state index contributed by atoms with van der Waals surface area (Å²) < 4.78 is 21.7. The van der Waals surface area contributed by atoms with Crippen LogP contribution in [-0.2, 0) is 9.59 Å². The molecule has 1 aliphatic carbocycles. The molecule has 3 atom stereocenters. The molecule has 3 aromatic rings. The van der Waals surface area contributed by atoms with Gasteiger partial charge in [-0.1, -0.05) is 18.2 Å². The first-order valence-corrected chi connectivity index (χ1v) is 10.9. The van der Waals surface area contributed by atoms with Gasteiger partial charge in [0.1, 0.15) is 18.1 Å². The molecule has 3 aromatic carbocycles. The van der Waals surface area contributed by atoms with Crippen LogP contribution >= 0.6 is 0 Å². The van der Waals surface area contributed by atoms with E-state index in [0.717, 1.165) is 5.56 Å². The first-order chi connectivity index (χ1) is 16.9. The summed E-state index contributed by atoms with van der Waals surface area (Å²) in [4.78, 5) is 23.8. The SMILES string of the molecule is COc1ccc([C@@H]2c3cc(N)ccc3[C@H](c3ccc4c(c3)OCO4)[C@H]2C(=O)[O-])c(OCC(=O)[O-])c1.[Na+].[Na+]. The quantitative estimate of drug-likeness (QED) is 0.238. The number of carbonyl (C=O) groups excluding carboxylic acids is 2. The molecule has 0 fully saturated rings. The molecule has 2 N–H and O–H groups in total. The minimum Gasteiger partial charge on any atom is -0.550 e. The number of hydrogen-bond acceptors (Lipinski definition) is 9. The standard InChI is InChI=1S/C26H23NO8.2Na/c1-32-15-4-6-17(20(10-15)33-11-22(28)29)24-18-9-14(27)3-5-16(18)23(25(24)26(30)31)13-2-7-19-21(8-13)35-12-34-19;;/h2-10,23-25H,11-12,27H2,1H3,(H,28,29)(H,30,31);;/q;2*+1/p-2/t23-,24+,25+;;/m0../s1. The molecule has 1 heterocycles. The van der Waals surface area contributed by atoms with E-state index in [0.29, 0.717) is 39.6 Å². The third-order valence-corrected chi connectivity index (χ3v) is 6.43. The van der Waals surface area contributed by atoms with Crippen molar-refractivity contribution in [2.75, 3.05) is 26.2 Å². The van der Waals surface area contributed by atoms with Crippen molar-refractivity contribution in [2.24, 2.45) is 5.92 Å². The summed E-state index contributed by atoms with van der Waals surface area (Å²) in [5, 5.41) is 23.8. The molecule has 37 heavy (non-hydrogen) atoms. The Morgan fingerprint density at radius 2 is 1.65 bits per heavy atom. The Morgan fingerprint density at radius 1 is 0.919 bits per heavy atom. The van der Waals surface area contributed by atoms with Gasteiger partial charge in [-0.3, -0.25) is 0 Å². The molecule has 0 amide bonds. The number of nitrogens with two attached hydrogens (primary N) is 1. The Balaban J connectivity index is 0.00000190. The number of benzene rings is 3. The van der Waals surface area contributed by atoms with Gasteiger partial charge in [-0.15, -0.1) is 0 Å². The molecule has 0 saturated heterocycles. The molecule has 11 heteroatoms. The van der Waals surface area contributed by atoms with Crippen molar-refractivity contribution in [3.63, 3.8) is 0 Å². The van der Waals surface area contributed by atoms with Crippen molar-refractivity contribution < 1.29 is 97.9 Å². The zero-order chi connectivity index (χ0) is 24.7. The van der Waals surface area contributed by atoms with Gasteiger partial charge in [0.15, 0.2) is 11.5 Å². The second-order valence-electron chi connectivity index (χ2n) is 8.37. The minimum atomic E-state index is -1.41. The number of methoxy groups -OCH3 is 1. The minimum absolute atomic E-state index is 0. The molecule has 0 radical (unpaired) electrons. The fourth-order valence-electron chi connectivity index (χ4n) is 5.01. The molecular formula is C26H21NNa2O8. The van der Waals surface area contributed by atoms with E-state index in [1.54, 1.807) is 48.5 Å². The van der Waals surface area contributed by atoms with Crippen LogP contribution in [0, 0.1) is 5.92 Å². The maximum absolute atomic E-state index is 12.7. The van der Waals surface area contributed by atoms with E-state index >= 15 is 0 Å². The normalized spacial score (nSPS) is 18.7. The Kier molecular flexibility index (Phi) is 9.44. The molecule has 0 aromatic heterocycles. The van der Waals surface area contributed by atoms with E-state index in [2.05, 4.69) is 0 Å². The fourth-order valence-corrected chi connectivity index (χ4v) is 5.01. The number of rotatable bonds is 7. The van der Waals surface area contributed by atoms with Gasteiger partial charge in [0, 0.05) is 41.0 Å². The van der Waals surface area contributed by atoms with Crippen molar-refractivity contribution in [1.82, 2.24) is 0 Å². The number of nitrogen functional groups attached to an aromatic ring is 1. The monoisotopic (exact) mass is 521 g/mol. The van der Waals surface area contributed by atoms with Crippen LogP contribution in [0.3, 0.4) is 0 Å². The van der Waals surface area contributed by atoms with Gasteiger partial charge >= 0.3 is 59.1 Å². The maximum atomic E-state index is 12.7. The largest absolute Gasteiger partial charge is 1.00 e. The van der Waals surface area contributed by atoms with Gasteiger partial charge in [-0.05, 0) is 47.0 Å². The summed E-state index contributed by atoms with van der Waals surface area (Å²) in [5.74, 6) is -3.36. The molecule has 5 rings (SSSR count). The van der Waals surface area contributed by atoms with Crippen LogP contribution in [0.15, 0.2) is 54.6 Å². The number of fused-ring (bicyclic) bond motifs is 2. The zero-order valence-electron chi connectivity index (χ0n) is 20.7. The molecule has 0 bridgehead atoms. The third kappa shape index (κ3) is 5.57. The fraction of sp³-hybridized carbons (Fsp3) is 0.231. The molecule has 0 spiro atoms. The molecule has 2 aliphatic rings. The molecule has 1 aliphatic heterocycles. The Labute approximate surface area is 257 Å². The first kappa shape index (κ1) is 29.2. The number of aliphatic carboxylic acids is 2. The predicted octanol–water partition coefficient (Wildman–Crippen LogP) is -5.21. The van der Waals surface area contributed by atoms with Gasteiger partial charge in [-0.25, -0.2) is 0 Å². The van der Waals surface area contributed by atoms with Gasteiger partial charge in [-0.2, -0.15) is 0 Å². The topological polar surface area (TPSA) is 143 Å². The van der Waals surface area contributed by atoms with Crippen molar-refractivity contribution in [2.45, 2.75) is 11.8 Å². The summed E-state index contributed by atoms with van der Waals surface area (Å²) in [7, 11) is 1.46. The number of hydrogen-bond donors (Lipinski definition) is 1. The number of carboxylic acids is 2. The Bertz CT molecular complexity index is 1330. The van der Waals surface area contributed by atoms with Crippen LogP contribution in [0.2, 0.25) is 0 Å². The van der Waals surface area contributed by atoms with Crippen molar-refractivity contribution in [3.05, 3.63) is 76.9 Å². The number of carboxylic acid groups (broad SMARTS) is 2. The van der Waals surface area contributed by atoms with Crippen molar-refractivity contribution >= 4 is 17.6 Å². The maximum Gasteiger partial charge on any atom is 1.00 e. The number of anilines is 1. The summed E-state index contributed by atoms with van der Waals surface area (Å²) in [6.07, 6.45) is 0. The second kappa shape index (κ2) is 12.0. The van der Waals surface area contributed by atoms with E-state index in [9.17, 15) is 19.8 Å². The van der Waals surface area contributed by atoms with Crippen LogP contribution in [0.25, 0.3) is 0 Å². The predicted molar refractivity (Wildman–Crippen MR) is 119 cm³/mol. The third-order valence-electron chi connectivity index (χ3n) is 6.43. The van der Waals surface area contributed by atoms with Crippen molar-refractivity contribution in [3.8, 4) is 23.0 Å². The summed E-state index contributed by atoms with van der Waals surface area (Å²) >= 11 is 0.